The fourth-order valence-corrected chi connectivity index (χ4v) is 5.79. The molecular formula is C32H30ClFN8O2. The van der Waals surface area contributed by atoms with Gasteiger partial charge in [-0.05, 0) is 78.4 Å². The number of hydrogen-bond donors (Lipinski definition) is 1. The number of benzene rings is 2. The second-order valence-electron chi connectivity index (χ2n) is 11.3. The van der Waals surface area contributed by atoms with Crippen LogP contribution < -0.4 is 5.32 Å². The van der Waals surface area contributed by atoms with Gasteiger partial charge in [-0.3, -0.25) is 14.5 Å². The molecule has 1 aliphatic heterocycles. The number of tetrazole rings is 1. The van der Waals surface area contributed by atoms with E-state index in [2.05, 4.69) is 20.8 Å². The van der Waals surface area contributed by atoms with Gasteiger partial charge < -0.3 is 10.1 Å². The zero-order valence-corrected chi connectivity index (χ0v) is 24.6. The molecule has 7 rings (SSSR count). The van der Waals surface area contributed by atoms with Gasteiger partial charge in [0.1, 0.15) is 6.33 Å². The van der Waals surface area contributed by atoms with Crippen molar-refractivity contribution >= 4 is 23.2 Å². The van der Waals surface area contributed by atoms with Crippen molar-refractivity contribution < 1.29 is 13.9 Å². The van der Waals surface area contributed by atoms with Gasteiger partial charge in [0, 0.05) is 53.7 Å². The van der Waals surface area contributed by atoms with Crippen molar-refractivity contribution in [3.63, 3.8) is 0 Å². The van der Waals surface area contributed by atoms with Crippen LogP contribution in [0.3, 0.4) is 0 Å². The number of hydrogen-bond acceptors (Lipinski definition) is 7. The molecule has 1 unspecified atom stereocenters. The number of carbonyl (C=O) groups excluding carboxylic acids is 1. The standard InChI is InChI=1S/C32H30ClFN8O2/c33-26-11-13-28(42-19-36-39-40-42)30(31(26)34)22-8-12-27(35-16-22)29(15-25-3-1-2-14-44-25)41-18-23(17-37-41)20-6-9-24(10-7-20)38-32(43)21-4-5-21/h6-13,16-19,21,25,29H,1-5,14-15H2,(H,38,43)/t25-,29?/m1/s1. The maximum Gasteiger partial charge on any atom is 0.227 e. The molecule has 1 saturated carbocycles. The Kier molecular flexibility index (Phi) is 7.88. The topological polar surface area (TPSA) is 113 Å². The van der Waals surface area contributed by atoms with Crippen LogP contribution in [-0.2, 0) is 9.53 Å². The molecule has 4 heterocycles. The van der Waals surface area contributed by atoms with Gasteiger partial charge in [0.05, 0.1) is 34.7 Å². The second kappa shape index (κ2) is 12.3. The number of amides is 1. The normalized spacial score (nSPS) is 17.4. The first-order chi connectivity index (χ1) is 21.5. The molecule has 224 valence electrons. The summed E-state index contributed by atoms with van der Waals surface area (Å²) in [5.74, 6) is -0.337. The SMILES string of the molecule is O=C(Nc1ccc(-c2cnn(C(C[C@H]3CCCCO3)c3ccc(-c4c(-n5cnnn5)ccc(Cl)c4F)cn3)c2)cc1)C1CC1. The van der Waals surface area contributed by atoms with Gasteiger partial charge in [-0.25, -0.2) is 4.39 Å². The van der Waals surface area contributed by atoms with Crippen LogP contribution >= 0.6 is 11.6 Å². The molecule has 10 nitrogen and oxygen atoms in total. The van der Waals surface area contributed by atoms with E-state index >= 15 is 4.39 Å². The second-order valence-corrected chi connectivity index (χ2v) is 11.7. The van der Waals surface area contributed by atoms with Crippen LogP contribution in [-0.4, -0.2) is 53.6 Å². The molecular weight excluding hydrogens is 583 g/mol. The zero-order valence-electron chi connectivity index (χ0n) is 23.8. The number of halogens is 2. The van der Waals surface area contributed by atoms with Crippen LogP contribution in [0.1, 0.15) is 50.3 Å². The van der Waals surface area contributed by atoms with Gasteiger partial charge in [0.25, 0.3) is 0 Å². The van der Waals surface area contributed by atoms with E-state index in [1.165, 1.54) is 17.1 Å². The van der Waals surface area contributed by atoms with Crippen LogP contribution in [0.5, 0.6) is 0 Å². The van der Waals surface area contributed by atoms with E-state index in [-0.39, 0.29) is 34.6 Å². The van der Waals surface area contributed by atoms with E-state index in [0.29, 0.717) is 17.7 Å². The molecule has 0 bridgehead atoms. The summed E-state index contributed by atoms with van der Waals surface area (Å²) < 4.78 is 24.8. The third-order valence-electron chi connectivity index (χ3n) is 8.20. The van der Waals surface area contributed by atoms with Gasteiger partial charge in [-0.2, -0.15) is 9.78 Å². The molecule has 12 heteroatoms. The lowest BCUT2D eigenvalue weighted by molar-refractivity contribution is -0.117. The molecule has 2 atom stereocenters. The molecule has 0 spiro atoms. The highest BCUT2D eigenvalue weighted by atomic mass is 35.5. The van der Waals surface area contributed by atoms with Crippen LogP contribution in [0.4, 0.5) is 10.1 Å². The number of aromatic nitrogens is 7. The highest BCUT2D eigenvalue weighted by Crippen LogP contribution is 2.35. The lowest BCUT2D eigenvalue weighted by Crippen LogP contribution is -2.25. The number of anilines is 1. The van der Waals surface area contributed by atoms with Crippen LogP contribution in [0.15, 0.2) is 73.4 Å². The predicted molar refractivity (Wildman–Crippen MR) is 163 cm³/mol. The van der Waals surface area contributed by atoms with Crippen molar-refractivity contribution in [2.75, 3.05) is 11.9 Å². The van der Waals surface area contributed by atoms with Gasteiger partial charge in [0.15, 0.2) is 5.82 Å². The molecule has 1 N–H and O–H groups in total. The summed E-state index contributed by atoms with van der Waals surface area (Å²) in [6.07, 6.45) is 12.7. The minimum Gasteiger partial charge on any atom is -0.378 e. The first-order valence-electron chi connectivity index (χ1n) is 14.8. The highest BCUT2D eigenvalue weighted by molar-refractivity contribution is 6.31. The lowest BCUT2D eigenvalue weighted by Gasteiger charge is -2.27. The van der Waals surface area contributed by atoms with E-state index in [1.807, 2.05) is 53.5 Å². The molecule has 5 aromatic rings. The Morgan fingerprint density at radius 1 is 1.02 bits per heavy atom. The van der Waals surface area contributed by atoms with Crippen molar-refractivity contribution in [1.82, 2.24) is 35.0 Å². The van der Waals surface area contributed by atoms with Crippen molar-refractivity contribution in [1.29, 1.82) is 0 Å². The molecule has 44 heavy (non-hydrogen) atoms. The Labute approximate surface area is 258 Å². The minimum absolute atomic E-state index is 0.00405. The van der Waals surface area contributed by atoms with Gasteiger partial charge in [-0.15, -0.1) is 5.10 Å². The van der Waals surface area contributed by atoms with Crippen molar-refractivity contribution in [3.8, 4) is 27.9 Å². The van der Waals surface area contributed by atoms with Gasteiger partial charge in [-0.1, -0.05) is 29.8 Å². The number of pyridine rings is 1. The minimum atomic E-state index is -0.573. The van der Waals surface area contributed by atoms with Crippen LogP contribution in [0, 0.1) is 11.7 Å². The van der Waals surface area contributed by atoms with Crippen LogP contribution in [0.25, 0.3) is 27.9 Å². The fourth-order valence-electron chi connectivity index (χ4n) is 5.63. The zero-order chi connectivity index (χ0) is 30.0. The Morgan fingerprint density at radius 2 is 1.86 bits per heavy atom. The molecule has 3 aromatic heterocycles. The maximum atomic E-state index is 15.4. The summed E-state index contributed by atoms with van der Waals surface area (Å²) in [7, 11) is 0. The molecule has 2 fully saturated rings. The maximum absolute atomic E-state index is 15.4. The summed E-state index contributed by atoms with van der Waals surface area (Å²) in [6.45, 7) is 0.742. The monoisotopic (exact) mass is 612 g/mol. The van der Waals surface area contributed by atoms with Gasteiger partial charge >= 0.3 is 0 Å². The largest absolute Gasteiger partial charge is 0.378 e. The summed E-state index contributed by atoms with van der Waals surface area (Å²) in [4.78, 5) is 16.9. The van der Waals surface area contributed by atoms with Crippen molar-refractivity contribution in [2.45, 2.75) is 50.7 Å². The molecule has 1 amide bonds. The number of rotatable bonds is 9. The van der Waals surface area contributed by atoms with Crippen LogP contribution in [0.2, 0.25) is 5.02 Å². The first-order valence-corrected chi connectivity index (χ1v) is 15.2. The Hall–Kier alpha value is -4.48. The summed E-state index contributed by atoms with van der Waals surface area (Å²) in [5, 5.41) is 19.0. The predicted octanol–water partition coefficient (Wildman–Crippen LogP) is 6.28. The number of nitrogens with zero attached hydrogens (tertiary/aromatic N) is 7. The first kappa shape index (κ1) is 28.3. The third-order valence-corrected chi connectivity index (χ3v) is 8.49. The van der Waals surface area contributed by atoms with E-state index in [4.69, 9.17) is 26.4 Å². The van der Waals surface area contributed by atoms with E-state index in [9.17, 15) is 4.79 Å². The molecule has 2 aromatic carbocycles. The van der Waals surface area contributed by atoms with E-state index < -0.39 is 5.82 Å². The molecule has 1 saturated heterocycles. The Balaban J connectivity index is 1.18. The summed E-state index contributed by atoms with van der Waals surface area (Å²) >= 11 is 6.17. The van der Waals surface area contributed by atoms with Crippen molar-refractivity contribution in [2.24, 2.45) is 5.92 Å². The molecule has 0 radical (unpaired) electrons. The average Bonchev–Trinajstić information content (AvgIpc) is 3.55. The van der Waals surface area contributed by atoms with E-state index in [1.54, 1.807) is 12.3 Å². The molecule has 1 aliphatic carbocycles. The van der Waals surface area contributed by atoms with E-state index in [0.717, 1.165) is 61.2 Å². The number of ether oxygens (including phenoxy) is 1. The number of carbonyl (C=O) groups is 1. The van der Waals surface area contributed by atoms with Crippen molar-refractivity contribution in [3.05, 3.63) is 90.0 Å². The summed E-state index contributed by atoms with van der Waals surface area (Å²) in [6, 6.07) is 14.5. The Morgan fingerprint density at radius 3 is 2.57 bits per heavy atom. The quantitative estimate of drug-likeness (QED) is 0.208. The summed E-state index contributed by atoms with van der Waals surface area (Å²) in [5.41, 5.74) is 4.76. The number of nitrogens with one attached hydrogen (secondary N) is 1. The lowest BCUT2D eigenvalue weighted by atomic mass is 9.98. The fraction of sp³-hybridized carbons (Fsp3) is 0.312. The Bertz CT molecular complexity index is 1750. The smallest absolute Gasteiger partial charge is 0.227 e. The van der Waals surface area contributed by atoms with Gasteiger partial charge in [0.2, 0.25) is 5.91 Å². The molecule has 2 aliphatic rings. The highest BCUT2D eigenvalue weighted by Gasteiger charge is 2.29. The third kappa shape index (κ3) is 5.97. The average molecular weight is 613 g/mol.